The zero-order chi connectivity index (χ0) is 6.85. The Balaban J connectivity index is 2.77. The Morgan fingerprint density at radius 2 is 2.22 bits per heavy atom. The molecule has 1 unspecified atom stereocenters. The van der Waals surface area contributed by atoms with Gasteiger partial charge in [-0.15, -0.1) is 4.91 Å². The van der Waals surface area contributed by atoms with Crippen LogP contribution in [0.25, 0.3) is 0 Å². The number of hydrogen-bond acceptors (Lipinski definition) is 4. The van der Waals surface area contributed by atoms with Crippen molar-refractivity contribution in [2.24, 2.45) is 5.18 Å². The molecule has 0 spiro atoms. The van der Waals surface area contributed by atoms with E-state index in [2.05, 4.69) is 10.5 Å². The van der Waals surface area contributed by atoms with Crippen LogP contribution >= 0.6 is 0 Å². The van der Waals surface area contributed by atoms with Crippen molar-refractivity contribution in [3.8, 4) is 0 Å². The number of ketones is 1. The SMILES string of the molecule is O=NC1C(=O)CNC1=O. The van der Waals surface area contributed by atoms with E-state index >= 15 is 0 Å². The van der Waals surface area contributed by atoms with Gasteiger partial charge >= 0.3 is 0 Å². The van der Waals surface area contributed by atoms with Gasteiger partial charge in [-0.3, -0.25) is 9.59 Å². The molecule has 1 saturated heterocycles. The van der Waals surface area contributed by atoms with Crippen LogP contribution in [0.5, 0.6) is 0 Å². The number of nitrogens with zero attached hydrogens (tertiary/aromatic N) is 1. The van der Waals surface area contributed by atoms with Crippen molar-refractivity contribution < 1.29 is 9.59 Å². The number of amides is 1. The average molecular weight is 128 g/mol. The monoisotopic (exact) mass is 128 g/mol. The van der Waals surface area contributed by atoms with Crippen LogP contribution in [0.1, 0.15) is 0 Å². The van der Waals surface area contributed by atoms with Crippen LogP contribution < -0.4 is 5.32 Å². The summed E-state index contributed by atoms with van der Waals surface area (Å²) in [6.07, 6.45) is 0. The fraction of sp³-hybridized carbons (Fsp3) is 0.500. The van der Waals surface area contributed by atoms with Crippen LogP contribution in [0.3, 0.4) is 0 Å². The molecule has 1 atom stereocenters. The first-order valence-corrected chi connectivity index (χ1v) is 2.38. The molecule has 1 aliphatic heterocycles. The number of nitrogens with one attached hydrogen (secondary N) is 1. The number of rotatable bonds is 1. The Morgan fingerprint density at radius 1 is 1.56 bits per heavy atom. The summed E-state index contributed by atoms with van der Waals surface area (Å²) < 4.78 is 0. The summed E-state index contributed by atoms with van der Waals surface area (Å²) in [5.74, 6) is -1.04. The summed E-state index contributed by atoms with van der Waals surface area (Å²) in [6.45, 7) is -0.0603. The number of carbonyl (C=O) groups excluding carboxylic acids is 2. The minimum atomic E-state index is -1.29. The van der Waals surface area contributed by atoms with Gasteiger partial charge in [0.1, 0.15) is 0 Å². The maximum atomic E-state index is 10.4. The highest BCUT2D eigenvalue weighted by Crippen LogP contribution is 1.98. The highest BCUT2D eigenvalue weighted by Gasteiger charge is 2.33. The highest BCUT2D eigenvalue weighted by atomic mass is 16.3. The van der Waals surface area contributed by atoms with E-state index < -0.39 is 17.7 Å². The first-order valence-electron chi connectivity index (χ1n) is 2.38. The van der Waals surface area contributed by atoms with Crippen LogP contribution in [0.2, 0.25) is 0 Å². The Kier molecular flexibility index (Phi) is 1.26. The second-order valence-corrected chi connectivity index (χ2v) is 1.69. The average Bonchev–Trinajstić information content (AvgIpc) is 2.12. The molecule has 1 aliphatic rings. The second kappa shape index (κ2) is 1.93. The topological polar surface area (TPSA) is 75.6 Å². The van der Waals surface area contributed by atoms with Crippen molar-refractivity contribution in [2.75, 3.05) is 6.54 Å². The van der Waals surface area contributed by atoms with Gasteiger partial charge in [0.05, 0.1) is 6.54 Å². The molecule has 1 heterocycles. The van der Waals surface area contributed by atoms with Gasteiger partial charge < -0.3 is 5.32 Å². The predicted molar refractivity (Wildman–Crippen MR) is 27.6 cm³/mol. The third-order valence-electron chi connectivity index (χ3n) is 1.10. The first-order chi connectivity index (χ1) is 4.25. The third-order valence-corrected chi connectivity index (χ3v) is 1.10. The lowest BCUT2D eigenvalue weighted by Gasteiger charge is -1.87. The second-order valence-electron chi connectivity index (χ2n) is 1.69. The minimum Gasteiger partial charge on any atom is -0.347 e. The molecule has 1 rings (SSSR count). The molecule has 1 N–H and O–H groups in total. The molecule has 0 aliphatic carbocycles. The van der Waals surface area contributed by atoms with Crippen molar-refractivity contribution in [3.63, 3.8) is 0 Å². The van der Waals surface area contributed by atoms with Gasteiger partial charge in [-0.25, -0.2) is 0 Å². The summed E-state index contributed by atoms with van der Waals surface area (Å²) >= 11 is 0. The van der Waals surface area contributed by atoms with E-state index in [-0.39, 0.29) is 6.54 Å². The molecule has 5 heteroatoms. The van der Waals surface area contributed by atoms with E-state index in [0.717, 1.165) is 0 Å². The highest BCUT2D eigenvalue weighted by molar-refractivity contribution is 6.12. The molecule has 0 aromatic heterocycles. The van der Waals surface area contributed by atoms with Crippen molar-refractivity contribution >= 4 is 11.7 Å². The smallest absolute Gasteiger partial charge is 0.256 e. The molecule has 0 radical (unpaired) electrons. The summed E-state index contributed by atoms with van der Waals surface area (Å²) in [6, 6.07) is -1.29. The fourth-order valence-corrected chi connectivity index (χ4v) is 0.620. The number of hydrogen-bond donors (Lipinski definition) is 1. The van der Waals surface area contributed by atoms with Crippen molar-refractivity contribution in [1.29, 1.82) is 0 Å². The Hall–Kier alpha value is -1.26. The lowest BCUT2D eigenvalue weighted by molar-refractivity contribution is -0.123. The normalized spacial score (nSPS) is 26.0. The van der Waals surface area contributed by atoms with Crippen molar-refractivity contribution in [2.45, 2.75) is 6.04 Å². The summed E-state index contributed by atoms with van der Waals surface area (Å²) in [5.41, 5.74) is 0. The molecule has 48 valence electrons. The van der Waals surface area contributed by atoms with Gasteiger partial charge in [0, 0.05) is 0 Å². The van der Waals surface area contributed by atoms with Crippen LogP contribution in [0.15, 0.2) is 5.18 Å². The molecule has 0 aromatic carbocycles. The first kappa shape index (κ1) is 5.87. The van der Waals surface area contributed by atoms with Gasteiger partial charge in [0.2, 0.25) is 6.04 Å². The Morgan fingerprint density at radius 3 is 2.44 bits per heavy atom. The van der Waals surface area contributed by atoms with Gasteiger partial charge in [0.15, 0.2) is 5.78 Å². The largest absolute Gasteiger partial charge is 0.347 e. The molecular weight excluding hydrogens is 124 g/mol. The number of Topliss-reactive ketones (excluding diaryl/α,β-unsaturated/α-hetero) is 1. The van der Waals surface area contributed by atoms with Gasteiger partial charge in [-0.1, -0.05) is 0 Å². The molecule has 0 saturated carbocycles. The number of carbonyl (C=O) groups is 2. The van der Waals surface area contributed by atoms with Gasteiger partial charge in [0.25, 0.3) is 5.91 Å². The molecule has 9 heavy (non-hydrogen) atoms. The number of nitroso groups, excluding NO2 is 1. The predicted octanol–water partition coefficient (Wildman–Crippen LogP) is -1.18. The van der Waals surface area contributed by atoms with E-state index in [9.17, 15) is 14.5 Å². The van der Waals surface area contributed by atoms with Gasteiger partial charge in [-0.2, -0.15) is 0 Å². The van der Waals surface area contributed by atoms with E-state index in [4.69, 9.17) is 0 Å². The molecule has 1 fully saturated rings. The van der Waals surface area contributed by atoms with Crippen molar-refractivity contribution in [1.82, 2.24) is 5.32 Å². The quantitative estimate of drug-likeness (QED) is 0.356. The molecule has 0 aromatic rings. The summed E-state index contributed by atoms with van der Waals surface area (Å²) in [5, 5.41) is 4.53. The van der Waals surface area contributed by atoms with Gasteiger partial charge in [-0.05, 0) is 5.18 Å². The summed E-state index contributed by atoms with van der Waals surface area (Å²) in [7, 11) is 0. The van der Waals surface area contributed by atoms with Crippen molar-refractivity contribution in [3.05, 3.63) is 4.91 Å². The fourth-order valence-electron chi connectivity index (χ4n) is 0.620. The maximum absolute atomic E-state index is 10.4. The zero-order valence-electron chi connectivity index (χ0n) is 4.46. The molecule has 0 bridgehead atoms. The van der Waals surface area contributed by atoms with Crippen LogP contribution in [-0.2, 0) is 9.59 Å². The Labute approximate surface area is 50.4 Å². The lowest BCUT2D eigenvalue weighted by atomic mass is 10.2. The summed E-state index contributed by atoms with van der Waals surface area (Å²) in [4.78, 5) is 30.5. The third kappa shape index (κ3) is 0.802. The van der Waals surface area contributed by atoms with E-state index in [1.807, 2.05) is 0 Å². The standard InChI is InChI=1S/C4H4N2O3/c7-2-1-5-4(8)3(2)6-9/h3H,1H2,(H,5,8). The van der Waals surface area contributed by atoms with Crippen LogP contribution in [0.4, 0.5) is 0 Å². The Bertz CT molecular complexity index is 161. The van der Waals surface area contributed by atoms with E-state index in [1.54, 1.807) is 0 Å². The van der Waals surface area contributed by atoms with E-state index in [1.165, 1.54) is 0 Å². The molecular formula is C4H4N2O3. The van der Waals surface area contributed by atoms with E-state index in [0.29, 0.717) is 0 Å². The molecule has 5 nitrogen and oxygen atoms in total. The zero-order valence-corrected chi connectivity index (χ0v) is 4.46. The molecule has 1 amide bonds. The lowest BCUT2D eigenvalue weighted by Crippen LogP contribution is -2.22. The minimum absolute atomic E-state index is 0.0603. The van der Waals surface area contributed by atoms with Crippen LogP contribution in [-0.4, -0.2) is 24.3 Å². The van der Waals surface area contributed by atoms with Crippen LogP contribution in [0, 0.1) is 4.91 Å². The maximum Gasteiger partial charge on any atom is 0.256 e.